The molecule has 3 heterocycles. The molecule has 7 nitrogen and oxygen atoms in total. The van der Waals surface area contributed by atoms with E-state index in [9.17, 15) is 5.11 Å². The summed E-state index contributed by atoms with van der Waals surface area (Å²) in [5.41, 5.74) is 0. The zero-order chi connectivity index (χ0) is 16.8. The number of ether oxygens (including phenoxy) is 1. The maximum Gasteiger partial charge on any atom is 0.134 e. The first-order valence-electron chi connectivity index (χ1n) is 8.95. The third-order valence-electron chi connectivity index (χ3n) is 4.89. The van der Waals surface area contributed by atoms with Crippen LogP contribution in [0.1, 0.15) is 25.7 Å². The SMILES string of the molecule is OCCOC1CCCN(c2cc(N3CCCC(CO)C3)ncn2)C1. The van der Waals surface area contributed by atoms with Gasteiger partial charge in [0.1, 0.15) is 18.0 Å². The summed E-state index contributed by atoms with van der Waals surface area (Å²) < 4.78 is 5.69. The molecule has 2 aliphatic heterocycles. The van der Waals surface area contributed by atoms with Crippen molar-refractivity contribution in [3.05, 3.63) is 12.4 Å². The number of rotatable bonds is 6. The second-order valence-corrected chi connectivity index (χ2v) is 6.68. The fourth-order valence-corrected chi connectivity index (χ4v) is 3.61. The first-order chi connectivity index (χ1) is 11.8. The van der Waals surface area contributed by atoms with Gasteiger partial charge in [-0.1, -0.05) is 0 Å². The molecule has 24 heavy (non-hydrogen) atoms. The maximum absolute atomic E-state index is 9.41. The fourth-order valence-electron chi connectivity index (χ4n) is 3.61. The molecule has 2 N–H and O–H groups in total. The maximum atomic E-state index is 9.41. The van der Waals surface area contributed by atoms with Gasteiger partial charge >= 0.3 is 0 Å². The summed E-state index contributed by atoms with van der Waals surface area (Å²) in [5, 5.41) is 18.3. The number of aliphatic hydroxyl groups is 2. The van der Waals surface area contributed by atoms with Gasteiger partial charge in [0.15, 0.2) is 0 Å². The number of hydrogen-bond donors (Lipinski definition) is 2. The van der Waals surface area contributed by atoms with Crippen molar-refractivity contribution < 1.29 is 14.9 Å². The largest absolute Gasteiger partial charge is 0.396 e. The number of aliphatic hydroxyl groups excluding tert-OH is 2. The van der Waals surface area contributed by atoms with Crippen molar-refractivity contribution in [3.63, 3.8) is 0 Å². The van der Waals surface area contributed by atoms with Crippen LogP contribution in [0.15, 0.2) is 12.4 Å². The highest BCUT2D eigenvalue weighted by atomic mass is 16.5. The summed E-state index contributed by atoms with van der Waals surface area (Å²) in [5.74, 6) is 2.21. The average molecular weight is 336 g/mol. The standard InChI is InChI=1S/C17H28N4O3/c22-7-8-24-15-4-2-6-21(11-15)17-9-16(18-13-19-17)20-5-1-3-14(10-20)12-23/h9,13-15,22-23H,1-8,10-12H2. The van der Waals surface area contributed by atoms with Gasteiger partial charge < -0.3 is 24.7 Å². The number of hydrogen-bond acceptors (Lipinski definition) is 7. The second-order valence-electron chi connectivity index (χ2n) is 6.68. The predicted octanol–water partition coefficient (Wildman–Crippen LogP) is 0.663. The van der Waals surface area contributed by atoms with Crippen molar-refractivity contribution in [2.75, 3.05) is 55.8 Å². The molecule has 0 radical (unpaired) electrons. The molecule has 2 fully saturated rings. The molecular weight excluding hydrogens is 308 g/mol. The Kier molecular flexibility index (Phi) is 6.23. The summed E-state index contributed by atoms with van der Waals surface area (Å²) in [6.07, 6.45) is 6.04. The first-order valence-corrected chi connectivity index (χ1v) is 8.95. The van der Waals surface area contributed by atoms with E-state index in [-0.39, 0.29) is 19.3 Å². The molecule has 2 unspecified atom stereocenters. The van der Waals surface area contributed by atoms with Gasteiger partial charge in [-0.15, -0.1) is 0 Å². The van der Waals surface area contributed by atoms with Crippen LogP contribution in [0, 0.1) is 5.92 Å². The molecule has 1 aromatic rings. The quantitative estimate of drug-likeness (QED) is 0.790. The van der Waals surface area contributed by atoms with Crippen molar-refractivity contribution in [3.8, 4) is 0 Å². The monoisotopic (exact) mass is 336 g/mol. The van der Waals surface area contributed by atoms with E-state index >= 15 is 0 Å². The van der Waals surface area contributed by atoms with E-state index in [2.05, 4.69) is 19.8 Å². The molecule has 0 amide bonds. The van der Waals surface area contributed by atoms with Gasteiger partial charge in [0.2, 0.25) is 0 Å². The van der Waals surface area contributed by atoms with Crippen molar-refractivity contribution in [1.82, 2.24) is 9.97 Å². The topological polar surface area (TPSA) is 82.0 Å². The highest BCUT2D eigenvalue weighted by Crippen LogP contribution is 2.25. The molecule has 0 aromatic carbocycles. The molecule has 1 aromatic heterocycles. The zero-order valence-corrected chi connectivity index (χ0v) is 14.2. The molecule has 7 heteroatoms. The van der Waals surface area contributed by atoms with Gasteiger partial charge in [-0.05, 0) is 31.6 Å². The van der Waals surface area contributed by atoms with Gasteiger partial charge in [0.25, 0.3) is 0 Å². The fraction of sp³-hybridized carbons (Fsp3) is 0.765. The van der Waals surface area contributed by atoms with E-state index in [0.717, 1.165) is 63.5 Å². The lowest BCUT2D eigenvalue weighted by molar-refractivity contribution is 0.0213. The average Bonchev–Trinajstić information content (AvgIpc) is 2.67. The lowest BCUT2D eigenvalue weighted by Gasteiger charge is -2.35. The molecule has 0 spiro atoms. The molecule has 0 bridgehead atoms. The Morgan fingerprint density at radius 1 is 1.04 bits per heavy atom. The van der Waals surface area contributed by atoms with Gasteiger partial charge in [-0.3, -0.25) is 0 Å². The van der Waals surface area contributed by atoms with Crippen LogP contribution in [0.4, 0.5) is 11.6 Å². The summed E-state index contributed by atoms with van der Waals surface area (Å²) in [4.78, 5) is 13.4. The van der Waals surface area contributed by atoms with Crippen LogP contribution in [0.2, 0.25) is 0 Å². The highest BCUT2D eigenvalue weighted by Gasteiger charge is 2.24. The van der Waals surface area contributed by atoms with Crippen LogP contribution in [0.5, 0.6) is 0 Å². The smallest absolute Gasteiger partial charge is 0.134 e. The van der Waals surface area contributed by atoms with Crippen LogP contribution in [0.25, 0.3) is 0 Å². The summed E-state index contributed by atoms with van der Waals surface area (Å²) in [6, 6.07) is 2.05. The Balaban J connectivity index is 1.66. The minimum absolute atomic E-state index is 0.0646. The van der Waals surface area contributed by atoms with E-state index in [1.165, 1.54) is 0 Å². The highest BCUT2D eigenvalue weighted by molar-refractivity contribution is 5.50. The van der Waals surface area contributed by atoms with E-state index in [1.54, 1.807) is 6.33 Å². The lowest BCUT2D eigenvalue weighted by Crippen LogP contribution is -2.41. The number of piperidine rings is 2. The molecule has 2 aliphatic rings. The Hall–Kier alpha value is -1.44. The Bertz CT molecular complexity index is 516. The summed E-state index contributed by atoms with van der Waals surface area (Å²) >= 11 is 0. The molecule has 2 atom stereocenters. The Morgan fingerprint density at radius 2 is 1.75 bits per heavy atom. The molecule has 2 saturated heterocycles. The third kappa shape index (κ3) is 4.34. The molecule has 134 valence electrons. The normalized spacial score (nSPS) is 25.1. The lowest BCUT2D eigenvalue weighted by atomic mass is 9.99. The first kappa shape index (κ1) is 17.4. The molecule has 3 rings (SSSR count). The van der Waals surface area contributed by atoms with E-state index in [4.69, 9.17) is 9.84 Å². The Morgan fingerprint density at radius 3 is 2.46 bits per heavy atom. The Labute approximate surface area is 143 Å². The number of anilines is 2. The van der Waals surface area contributed by atoms with E-state index < -0.39 is 0 Å². The minimum atomic E-state index is 0.0646. The van der Waals surface area contributed by atoms with Gasteiger partial charge in [-0.25, -0.2) is 9.97 Å². The van der Waals surface area contributed by atoms with Crippen molar-refractivity contribution in [2.24, 2.45) is 5.92 Å². The van der Waals surface area contributed by atoms with Crippen molar-refractivity contribution in [1.29, 1.82) is 0 Å². The third-order valence-corrected chi connectivity index (χ3v) is 4.89. The van der Waals surface area contributed by atoms with Gasteiger partial charge in [-0.2, -0.15) is 0 Å². The molecule has 0 saturated carbocycles. The van der Waals surface area contributed by atoms with E-state index in [1.807, 2.05) is 6.07 Å². The van der Waals surface area contributed by atoms with E-state index in [0.29, 0.717) is 12.5 Å². The van der Waals surface area contributed by atoms with Crippen molar-refractivity contribution in [2.45, 2.75) is 31.8 Å². The molecular formula is C17H28N4O3. The van der Waals surface area contributed by atoms with Crippen LogP contribution in [-0.4, -0.2) is 72.3 Å². The van der Waals surface area contributed by atoms with Crippen LogP contribution in [0.3, 0.4) is 0 Å². The van der Waals surface area contributed by atoms with Gasteiger partial charge in [0, 0.05) is 38.9 Å². The van der Waals surface area contributed by atoms with Crippen LogP contribution >= 0.6 is 0 Å². The second kappa shape index (κ2) is 8.60. The molecule has 0 aliphatic carbocycles. The number of nitrogens with zero attached hydrogens (tertiary/aromatic N) is 4. The summed E-state index contributed by atoms with van der Waals surface area (Å²) in [7, 11) is 0. The number of aromatic nitrogens is 2. The van der Waals surface area contributed by atoms with Crippen molar-refractivity contribution >= 4 is 11.6 Å². The van der Waals surface area contributed by atoms with Crippen LogP contribution < -0.4 is 9.80 Å². The summed E-state index contributed by atoms with van der Waals surface area (Å²) in [6.45, 7) is 4.30. The minimum Gasteiger partial charge on any atom is -0.396 e. The van der Waals surface area contributed by atoms with Crippen LogP contribution in [-0.2, 0) is 4.74 Å². The predicted molar refractivity (Wildman–Crippen MR) is 92.3 cm³/mol. The zero-order valence-electron chi connectivity index (χ0n) is 14.2. The van der Waals surface area contributed by atoms with Gasteiger partial charge in [0.05, 0.1) is 19.3 Å².